The summed E-state index contributed by atoms with van der Waals surface area (Å²) in [4.78, 5) is 10.3. The van der Waals surface area contributed by atoms with Crippen LogP contribution in [0.3, 0.4) is 0 Å². The molecule has 1 aliphatic rings. The van der Waals surface area contributed by atoms with Crippen LogP contribution in [0.5, 0.6) is 0 Å². The summed E-state index contributed by atoms with van der Waals surface area (Å²) in [5.74, 6) is 1.07. The van der Waals surface area contributed by atoms with Gasteiger partial charge in [0.15, 0.2) is 5.03 Å². The summed E-state index contributed by atoms with van der Waals surface area (Å²) in [7, 11) is 2.13. The minimum Gasteiger partial charge on any atom is -0.363 e. The Labute approximate surface area is 143 Å². The van der Waals surface area contributed by atoms with Gasteiger partial charge in [0.05, 0.1) is 6.33 Å². The molecule has 0 aliphatic carbocycles. The molecule has 0 amide bonds. The highest BCUT2D eigenvalue weighted by atomic mass is 32.2. The van der Waals surface area contributed by atoms with Crippen LogP contribution >= 0.6 is 0 Å². The molecule has 2 aromatic rings. The molecule has 130 valence electrons. The number of piperidine rings is 1. The predicted octanol–water partition coefficient (Wildman–Crippen LogP) is 1.45. The van der Waals surface area contributed by atoms with Gasteiger partial charge in [-0.1, -0.05) is 0 Å². The molecule has 1 fully saturated rings. The first-order chi connectivity index (χ1) is 11.4. The third-order valence-corrected chi connectivity index (χ3v) is 6.12. The van der Waals surface area contributed by atoms with E-state index >= 15 is 0 Å². The van der Waals surface area contributed by atoms with Gasteiger partial charge in [-0.3, -0.25) is 0 Å². The van der Waals surface area contributed by atoms with E-state index in [1.807, 2.05) is 31.1 Å². The van der Waals surface area contributed by atoms with E-state index in [4.69, 9.17) is 0 Å². The highest BCUT2D eigenvalue weighted by Crippen LogP contribution is 2.30. The number of hydrogen-bond donors (Lipinski definition) is 0. The second-order valence-electron chi connectivity index (χ2n) is 6.42. The Morgan fingerprint density at radius 3 is 2.75 bits per heavy atom. The number of hydrogen-bond acceptors (Lipinski definition) is 5. The van der Waals surface area contributed by atoms with E-state index < -0.39 is 10.0 Å². The highest BCUT2D eigenvalue weighted by Gasteiger charge is 2.32. The Kier molecular flexibility index (Phi) is 4.60. The summed E-state index contributed by atoms with van der Waals surface area (Å²) >= 11 is 0. The van der Waals surface area contributed by atoms with E-state index in [1.54, 1.807) is 28.3 Å². The van der Waals surface area contributed by atoms with Crippen molar-refractivity contribution in [1.82, 2.24) is 18.8 Å². The average molecular weight is 349 g/mol. The van der Waals surface area contributed by atoms with E-state index in [1.165, 1.54) is 6.33 Å². The summed E-state index contributed by atoms with van der Waals surface area (Å²) in [5, 5.41) is 0.120. The van der Waals surface area contributed by atoms with Gasteiger partial charge in [-0.25, -0.2) is 18.4 Å². The number of aryl methyl sites for hydroxylation is 1. The van der Waals surface area contributed by atoms with E-state index in [2.05, 4.69) is 9.97 Å². The smallest absolute Gasteiger partial charge is 0.262 e. The first kappa shape index (κ1) is 16.9. The van der Waals surface area contributed by atoms with Crippen LogP contribution in [0.4, 0.5) is 5.82 Å². The number of pyridine rings is 1. The highest BCUT2D eigenvalue weighted by molar-refractivity contribution is 7.89. The Balaban J connectivity index is 1.83. The zero-order valence-corrected chi connectivity index (χ0v) is 15.1. The Morgan fingerprint density at radius 1 is 1.29 bits per heavy atom. The average Bonchev–Trinajstić information content (AvgIpc) is 3.02. The quantitative estimate of drug-likeness (QED) is 0.835. The topological polar surface area (TPSA) is 71.3 Å². The number of imidazole rings is 1. The lowest BCUT2D eigenvalue weighted by Crippen LogP contribution is -2.39. The molecule has 0 unspecified atom stereocenters. The Bertz CT molecular complexity index is 815. The molecule has 3 heterocycles. The van der Waals surface area contributed by atoms with Gasteiger partial charge in [0.1, 0.15) is 5.82 Å². The summed E-state index contributed by atoms with van der Waals surface area (Å²) in [6.45, 7) is 1.02. The molecular formula is C16H23N5O2S. The summed E-state index contributed by atoms with van der Waals surface area (Å²) in [6.07, 6.45) is 6.68. The molecule has 0 bridgehead atoms. The molecule has 24 heavy (non-hydrogen) atoms. The van der Waals surface area contributed by atoms with Crippen molar-refractivity contribution < 1.29 is 8.42 Å². The van der Waals surface area contributed by atoms with Crippen molar-refractivity contribution in [3.05, 3.63) is 36.4 Å². The fourth-order valence-corrected chi connectivity index (χ4v) is 4.51. The minimum atomic E-state index is -3.53. The zero-order valence-electron chi connectivity index (χ0n) is 14.3. The van der Waals surface area contributed by atoms with Crippen molar-refractivity contribution in [1.29, 1.82) is 0 Å². The van der Waals surface area contributed by atoms with Crippen molar-refractivity contribution in [2.75, 3.05) is 32.1 Å². The van der Waals surface area contributed by atoms with Crippen LogP contribution in [0, 0.1) is 0 Å². The van der Waals surface area contributed by atoms with E-state index in [0.717, 1.165) is 24.2 Å². The maximum atomic E-state index is 12.8. The van der Waals surface area contributed by atoms with Crippen molar-refractivity contribution in [2.45, 2.75) is 23.8 Å². The van der Waals surface area contributed by atoms with Crippen LogP contribution in [-0.2, 0) is 17.1 Å². The second kappa shape index (κ2) is 6.52. The molecule has 0 radical (unpaired) electrons. The normalized spacial score (nSPS) is 19.4. The molecule has 0 N–H and O–H groups in total. The lowest BCUT2D eigenvalue weighted by Gasteiger charge is -2.31. The number of sulfonamides is 1. The van der Waals surface area contributed by atoms with Crippen LogP contribution in [-0.4, -0.2) is 54.4 Å². The summed E-state index contributed by atoms with van der Waals surface area (Å²) in [5.41, 5.74) is 1.13. The Morgan fingerprint density at radius 2 is 2.08 bits per heavy atom. The molecule has 3 rings (SSSR count). The zero-order chi connectivity index (χ0) is 17.3. The van der Waals surface area contributed by atoms with Crippen molar-refractivity contribution in [3.63, 3.8) is 0 Å². The van der Waals surface area contributed by atoms with Crippen LogP contribution in [0.1, 0.15) is 24.3 Å². The van der Waals surface area contributed by atoms with Gasteiger partial charge in [-0.15, -0.1) is 0 Å². The third kappa shape index (κ3) is 3.29. The SMILES string of the molecule is CN(C)c1cc([C@@H]2CCCN(S(=O)(=O)c3cn(C)cn3)C2)ccn1. The lowest BCUT2D eigenvalue weighted by molar-refractivity contribution is 0.315. The van der Waals surface area contributed by atoms with E-state index in [9.17, 15) is 8.42 Å². The predicted molar refractivity (Wildman–Crippen MR) is 92.5 cm³/mol. The maximum Gasteiger partial charge on any atom is 0.262 e. The summed E-state index contributed by atoms with van der Waals surface area (Å²) < 4.78 is 28.8. The molecule has 2 aromatic heterocycles. The van der Waals surface area contributed by atoms with Crippen LogP contribution in [0.15, 0.2) is 35.9 Å². The minimum absolute atomic E-state index is 0.120. The van der Waals surface area contributed by atoms with Crippen LogP contribution < -0.4 is 4.90 Å². The molecule has 1 atom stereocenters. The van der Waals surface area contributed by atoms with Gasteiger partial charge < -0.3 is 9.47 Å². The van der Waals surface area contributed by atoms with E-state index in [-0.39, 0.29) is 10.9 Å². The van der Waals surface area contributed by atoms with Crippen molar-refractivity contribution >= 4 is 15.8 Å². The standard InChI is InChI=1S/C16H23N5O2S/c1-19(2)15-9-13(6-7-17-15)14-5-4-8-21(10-14)24(22,23)16-11-20(3)12-18-16/h6-7,9,11-12,14H,4-5,8,10H2,1-3H3/t14-/m1/s1. The Hall–Kier alpha value is -1.93. The molecular weight excluding hydrogens is 326 g/mol. The van der Waals surface area contributed by atoms with Gasteiger partial charge in [0.25, 0.3) is 10.0 Å². The number of anilines is 1. The monoisotopic (exact) mass is 349 g/mol. The molecule has 1 saturated heterocycles. The molecule has 1 aliphatic heterocycles. The molecule has 0 spiro atoms. The largest absolute Gasteiger partial charge is 0.363 e. The summed E-state index contributed by atoms with van der Waals surface area (Å²) in [6, 6.07) is 4.02. The number of nitrogens with zero attached hydrogens (tertiary/aromatic N) is 5. The fraction of sp³-hybridized carbons (Fsp3) is 0.500. The van der Waals surface area contributed by atoms with Gasteiger partial charge in [-0.05, 0) is 36.5 Å². The molecule has 7 nitrogen and oxygen atoms in total. The lowest BCUT2D eigenvalue weighted by atomic mass is 9.92. The van der Waals surface area contributed by atoms with Gasteiger partial charge >= 0.3 is 0 Å². The molecule has 0 aromatic carbocycles. The van der Waals surface area contributed by atoms with Crippen LogP contribution in [0.25, 0.3) is 0 Å². The molecule has 0 saturated carbocycles. The number of aromatic nitrogens is 3. The fourth-order valence-electron chi connectivity index (χ4n) is 3.02. The maximum absolute atomic E-state index is 12.8. The third-order valence-electron chi connectivity index (χ3n) is 4.37. The van der Waals surface area contributed by atoms with Crippen molar-refractivity contribution in [2.24, 2.45) is 7.05 Å². The number of rotatable bonds is 4. The van der Waals surface area contributed by atoms with Gasteiger partial charge in [-0.2, -0.15) is 4.31 Å². The van der Waals surface area contributed by atoms with Gasteiger partial charge in [0, 0.05) is 46.6 Å². The first-order valence-electron chi connectivity index (χ1n) is 7.99. The second-order valence-corrected chi connectivity index (χ2v) is 8.31. The first-order valence-corrected chi connectivity index (χ1v) is 9.43. The van der Waals surface area contributed by atoms with Gasteiger partial charge in [0.2, 0.25) is 0 Å². The molecule has 8 heteroatoms. The van der Waals surface area contributed by atoms with Crippen molar-refractivity contribution in [3.8, 4) is 0 Å². The van der Waals surface area contributed by atoms with Crippen LogP contribution in [0.2, 0.25) is 0 Å². The van der Waals surface area contributed by atoms with E-state index in [0.29, 0.717) is 13.1 Å².